The van der Waals surface area contributed by atoms with E-state index in [4.69, 9.17) is 11.6 Å². The van der Waals surface area contributed by atoms with Crippen LogP contribution in [0.1, 0.15) is 43.2 Å². The molecule has 1 fully saturated rings. The van der Waals surface area contributed by atoms with Crippen molar-refractivity contribution in [1.29, 1.82) is 0 Å². The summed E-state index contributed by atoms with van der Waals surface area (Å²) in [4.78, 5) is 0. The predicted octanol–water partition coefficient (Wildman–Crippen LogP) is 5.44. The highest BCUT2D eigenvalue weighted by Crippen LogP contribution is 2.33. The summed E-state index contributed by atoms with van der Waals surface area (Å²) in [5.74, 6) is 0.594. The van der Waals surface area contributed by atoms with Crippen molar-refractivity contribution < 1.29 is 13.2 Å². The van der Waals surface area contributed by atoms with Crippen LogP contribution in [0.25, 0.3) is 0 Å². The van der Waals surface area contributed by atoms with E-state index in [2.05, 4.69) is 0 Å². The molecule has 1 saturated carbocycles. The molecule has 0 aliphatic heterocycles. The van der Waals surface area contributed by atoms with Crippen molar-refractivity contribution in [3.05, 3.63) is 35.4 Å². The van der Waals surface area contributed by atoms with Crippen molar-refractivity contribution >= 4 is 11.6 Å². The van der Waals surface area contributed by atoms with Gasteiger partial charge in [0.25, 0.3) is 0 Å². The molecule has 1 aliphatic carbocycles. The Bertz CT molecular complexity index is 391. The number of benzene rings is 1. The number of halogens is 4. The quantitative estimate of drug-likeness (QED) is 0.648. The van der Waals surface area contributed by atoms with E-state index in [-0.39, 0.29) is 5.38 Å². The van der Waals surface area contributed by atoms with Gasteiger partial charge in [0.15, 0.2) is 0 Å². The normalized spacial score (nSPS) is 18.7. The molecule has 0 spiro atoms. The Balaban J connectivity index is 1.86. The lowest BCUT2D eigenvalue weighted by molar-refractivity contribution is -0.137. The van der Waals surface area contributed by atoms with Gasteiger partial charge in [-0.2, -0.15) is 13.2 Å². The minimum atomic E-state index is -4.25. The topological polar surface area (TPSA) is 0 Å². The molecule has 1 atom stereocenters. The van der Waals surface area contributed by atoms with E-state index in [1.165, 1.54) is 25.7 Å². The van der Waals surface area contributed by atoms with E-state index in [9.17, 15) is 13.2 Å². The lowest BCUT2D eigenvalue weighted by Gasteiger charge is -2.16. The summed E-state index contributed by atoms with van der Waals surface area (Å²) in [6.45, 7) is 0. The number of rotatable bonds is 4. The third-order valence-electron chi connectivity index (χ3n) is 3.90. The zero-order valence-electron chi connectivity index (χ0n) is 10.7. The van der Waals surface area contributed by atoms with Crippen molar-refractivity contribution in [3.8, 4) is 0 Å². The highest BCUT2D eigenvalue weighted by molar-refractivity contribution is 6.20. The Morgan fingerprint density at radius 2 is 1.68 bits per heavy atom. The van der Waals surface area contributed by atoms with Crippen molar-refractivity contribution in [3.63, 3.8) is 0 Å². The molecule has 106 valence electrons. The maximum atomic E-state index is 12.4. The lowest BCUT2D eigenvalue weighted by Crippen LogP contribution is -2.12. The van der Waals surface area contributed by atoms with E-state index in [0.717, 1.165) is 30.5 Å². The van der Waals surface area contributed by atoms with Gasteiger partial charge in [0.1, 0.15) is 0 Å². The van der Waals surface area contributed by atoms with Crippen molar-refractivity contribution in [2.75, 3.05) is 0 Å². The summed E-state index contributed by atoms with van der Waals surface area (Å²) in [6, 6.07) is 5.41. The van der Waals surface area contributed by atoms with Crippen LogP contribution in [0.5, 0.6) is 0 Å². The van der Waals surface area contributed by atoms with Gasteiger partial charge in [-0.25, -0.2) is 0 Å². The molecule has 0 heterocycles. The zero-order valence-corrected chi connectivity index (χ0v) is 11.5. The van der Waals surface area contributed by atoms with E-state index >= 15 is 0 Å². The standard InChI is InChI=1S/C15H18ClF3/c16-14(12-3-1-2-4-12)10-7-11-5-8-13(9-6-11)15(17,18)19/h5-6,8-9,12,14H,1-4,7,10H2. The Kier molecular flexibility index (Phi) is 4.77. The predicted molar refractivity (Wildman–Crippen MR) is 71.4 cm³/mol. The van der Waals surface area contributed by atoms with Gasteiger partial charge in [0, 0.05) is 5.38 Å². The molecule has 0 saturated heterocycles. The highest BCUT2D eigenvalue weighted by atomic mass is 35.5. The zero-order chi connectivity index (χ0) is 13.9. The fourth-order valence-corrected chi connectivity index (χ4v) is 3.08. The molecule has 0 N–H and O–H groups in total. The molecule has 1 aromatic carbocycles. The first-order chi connectivity index (χ1) is 8.97. The first-order valence-corrected chi connectivity index (χ1v) is 7.20. The summed E-state index contributed by atoms with van der Waals surface area (Å²) in [5, 5.41) is 0.157. The average Bonchev–Trinajstić information content (AvgIpc) is 2.89. The third kappa shape index (κ3) is 4.13. The van der Waals surface area contributed by atoms with E-state index in [1.807, 2.05) is 0 Å². The molecule has 1 aliphatic rings. The molecule has 4 heteroatoms. The SMILES string of the molecule is FC(F)(F)c1ccc(CCC(Cl)C2CCCC2)cc1. The number of hydrogen-bond donors (Lipinski definition) is 0. The first-order valence-electron chi connectivity index (χ1n) is 6.77. The van der Waals surface area contributed by atoms with Crippen molar-refractivity contribution in [1.82, 2.24) is 0 Å². The van der Waals surface area contributed by atoms with E-state index in [0.29, 0.717) is 5.92 Å². The molecule has 0 bridgehead atoms. The lowest BCUT2D eigenvalue weighted by atomic mass is 9.97. The minimum Gasteiger partial charge on any atom is -0.166 e. The first kappa shape index (κ1) is 14.7. The van der Waals surface area contributed by atoms with E-state index in [1.54, 1.807) is 12.1 Å². The smallest absolute Gasteiger partial charge is 0.166 e. The maximum Gasteiger partial charge on any atom is 0.416 e. The van der Waals surface area contributed by atoms with Gasteiger partial charge in [0.2, 0.25) is 0 Å². The fourth-order valence-electron chi connectivity index (χ4n) is 2.72. The number of hydrogen-bond acceptors (Lipinski definition) is 0. The van der Waals surface area contributed by atoms with Crippen LogP contribution in [0.4, 0.5) is 13.2 Å². The van der Waals surface area contributed by atoms with Gasteiger partial charge in [-0.1, -0.05) is 25.0 Å². The van der Waals surface area contributed by atoms with Crippen LogP contribution in [0.3, 0.4) is 0 Å². The molecule has 1 unspecified atom stereocenters. The molecule has 1 aromatic rings. The summed E-state index contributed by atoms with van der Waals surface area (Å²) in [6.07, 6.45) is 2.25. The molecular formula is C15H18ClF3. The second-order valence-corrected chi connectivity index (χ2v) is 5.85. The van der Waals surface area contributed by atoms with Crippen LogP contribution < -0.4 is 0 Å². The Labute approximate surface area is 117 Å². The molecule has 0 nitrogen and oxygen atoms in total. The second-order valence-electron chi connectivity index (χ2n) is 5.29. The second kappa shape index (κ2) is 6.17. The maximum absolute atomic E-state index is 12.4. The van der Waals surface area contributed by atoms with Gasteiger partial charge >= 0.3 is 6.18 Å². The summed E-state index contributed by atoms with van der Waals surface area (Å²) < 4.78 is 37.3. The van der Waals surface area contributed by atoms with Gasteiger partial charge in [-0.3, -0.25) is 0 Å². The van der Waals surface area contributed by atoms with Crippen molar-refractivity contribution in [2.45, 2.75) is 50.1 Å². The third-order valence-corrected chi connectivity index (χ3v) is 4.48. The molecule has 19 heavy (non-hydrogen) atoms. The monoisotopic (exact) mass is 290 g/mol. The van der Waals surface area contributed by atoms with E-state index < -0.39 is 11.7 Å². The Morgan fingerprint density at radius 1 is 1.11 bits per heavy atom. The largest absolute Gasteiger partial charge is 0.416 e. The van der Waals surface area contributed by atoms with Gasteiger partial charge in [-0.05, 0) is 49.3 Å². The highest BCUT2D eigenvalue weighted by Gasteiger charge is 2.30. The van der Waals surface area contributed by atoms with Crippen LogP contribution >= 0.6 is 11.6 Å². The van der Waals surface area contributed by atoms with Crippen LogP contribution in [0.2, 0.25) is 0 Å². The molecule has 0 amide bonds. The number of aryl methyl sites for hydroxylation is 1. The average molecular weight is 291 g/mol. The molecule has 0 aromatic heterocycles. The molecule has 0 radical (unpaired) electrons. The Morgan fingerprint density at radius 3 is 2.21 bits per heavy atom. The van der Waals surface area contributed by atoms with Gasteiger partial charge in [-0.15, -0.1) is 11.6 Å². The van der Waals surface area contributed by atoms with Crippen LogP contribution in [-0.4, -0.2) is 5.38 Å². The van der Waals surface area contributed by atoms with Crippen molar-refractivity contribution in [2.24, 2.45) is 5.92 Å². The summed E-state index contributed by atoms with van der Waals surface area (Å²) in [5.41, 5.74) is 0.339. The van der Waals surface area contributed by atoms with Gasteiger partial charge in [0.05, 0.1) is 5.56 Å². The van der Waals surface area contributed by atoms with Crippen LogP contribution in [-0.2, 0) is 12.6 Å². The fraction of sp³-hybridized carbons (Fsp3) is 0.600. The van der Waals surface area contributed by atoms with Gasteiger partial charge < -0.3 is 0 Å². The minimum absolute atomic E-state index is 0.157. The summed E-state index contributed by atoms with van der Waals surface area (Å²) >= 11 is 6.36. The molecular weight excluding hydrogens is 273 g/mol. The van der Waals surface area contributed by atoms with Crippen LogP contribution in [0, 0.1) is 5.92 Å². The number of alkyl halides is 4. The molecule has 2 rings (SSSR count). The van der Waals surface area contributed by atoms with Crippen LogP contribution in [0.15, 0.2) is 24.3 Å². The summed E-state index contributed by atoms with van der Waals surface area (Å²) in [7, 11) is 0. The Hall–Kier alpha value is -0.700.